The molecular formula is C24H21ClFN3O3S. The fraction of sp³-hybridized carbons (Fsp3) is 0.292. The van der Waals surface area contributed by atoms with Gasteiger partial charge in [0, 0.05) is 37.1 Å². The summed E-state index contributed by atoms with van der Waals surface area (Å²) in [6.45, 7) is 2.61. The summed E-state index contributed by atoms with van der Waals surface area (Å²) in [6, 6.07) is 11.6. The van der Waals surface area contributed by atoms with E-state index in [0.717, 1.165) is 5.56 Å². The highest BCUT2D eigenvalue weighted by Gasteiger charge is 2.40. The van der Waals surface area contributed by atoms with Crippen molar-refractivity contribution < 1.29 is 18.7 Å². The maximum absolute atomic E-state index is 14.1. The summed E-state index contributed by atoms with van der Waals surface area (Å²) in [7, 11) is 1.74. The molecule has 1 aromatic heterocycles. The first-order valence-corrected chi connectivity index (χ1v) is 11.7. The van der Waals surface area contributed by atoms with Crippen LogP contribution in [0.25, 0.3) is 10.6 Å². The van der Waals surface area contributed by atoms with Crippen LogP contribution in [0, 0.1) is 12.7 Å². The molecule has 0 aliphatic carbocycles. The zero-order valence-corrected chi connectivity index (χ0v) is 19.6. The van der Waals surface area contributed by atoms with Gasteiger partial charge in [0.2, 0.25) is 0 Å². The van der Waals surface area contributed by atoms with Crippen LogP contribution in [-0.2, 0) is 11.2 Å². The summed E-state index contributed by atoms with van der Waals surface area (Å²) in [5.41, 5.74) is 1.88. The molecule has 2 aliphatic heterocycles. The van der Waals surface area contributed by atoms with Crippen molar-refractivity contribution in [2.75, 3.05) is 20.1 Å². The Bertz CT molecular complexity index is 1260. The molecule has 2 amide bonds. The van der Waals surface area contributed by atoms with Gasteiger partial charge in [-0.25, -0.2) is 9.37 Å². The van der Waals surface area contributed by atoms with Gasteiger partial charge in [0.1, 0.15) is 21.5 Å². The zero-order chi connectivity index (χ0) is 23.3. The molecule has 0 bridgehead atoms. The molecule has 170 valence electrons. The zero-order valence-electron chi connectivity index (χ0n) is 18.0. The first kappa shape index (κ1) is 21.9. The third-order valence-electron chi connectivity index (χ3n) is 6.11. The van der Waals surface area contributed by atoms with Crippen molar-refractivity contribution in [2.24, 2.45) is 0 Å². The van der Waals surface area contributed by atoms with E-state index in [2.05, 4.69) is 4.98 Å². The summed E-state index contributed by atoms with van der Waals surface area (Å²) in [5.74, 6) is 0.0509. The highest BCUT2D eigenvalue weighted by atomic mass is 35.5. The Labute approximate surface area is 199 Å². The molecule has 0 N–H and O–H groups in total. The monoisotopic (exact) mass is 485 g/mol. The van der Waals surface area contributed by atoms with Crippen LogP contribution in [0.4, 0.5) is 4.39 Å². The van der Waals surface area contributed by atoms with E-state index in [4.69, 9.17) is 16.3 Å². The Morgan fingerprint density at radius 1 is 1.24 bits per heavy atom. The van der Waals surface area contributed by atoms with E-state index in [1.54, 1.807) is 54.1 Å². The molecule has 1 unspecified atom stereocenters. The lowest BCUT2D eigenvalue weighted by Crippen LogP contribution is -2.62. The standard InChI is InChI=1S/C24H21ClFN3O3S/c1-13-21(33-22(27-13)17-5-3-4-6-18(17)26)24(31)29-11-16(12-29)28(2)23(30)20-10-14-9-15(25)7-8-19(14)32-20/h3-9,16,20H,10-12H2,1-2H3. The smallest absolute Gasteiger partial charge is 0.266 e. The number of carbonyl (C=O) groups excluding carboxylic acids is 2. The molecule has 1 saturated heterocycles. The molecule has 2 aliphatic rings. The average molecular weight is 486 g/mol. The van der Waals surface area contributed by atoms with Gasteiger partial charge in [-0.1, -0.05) is 23.7 Å². The van der Waals surface area contributed by atoms with Crippen molar-refractivity contribution in [1.29, 1.82) is 0 Å². The largest absolute Gasteiger partial charge is 0.480 e. The molecule has 33 heavy (non-hydrogen) atoms. The summed E-state index contributed by atoms with van der Waals surface area (Å²) in [4.78, 5) is 34.2. The fourth-order valence-corrected chi connectivity index (χ4v) is 5.37. The molecule has 1 atom stereocenters. The molecule has 2 aromatic carbocycles. The maximum atomic E-state index is 14.1. The lowest BCUT2D eigenvalue weighted by atomic mass is 10.0. The van der Waals surface area contributed by atoms with Crippen LogP contribution >= 0.6 is 22.9 Å². The van der Waals surface area contributed by atoms with Crippen LogP contribution in [0.15, 0.2) is 42.5 Å². The number of ether oxygens (including phenoxy) is 1. The number of thiazole rings is 1. The number of aromatic nitrogens is 1. The minimum absolute atomic E-state index is 0.0865. The van der Waals surface area contributed by atoms with E-state index >= 15 is 0 Å². The SMILES string of the molecule is Cc1nc(-c2ccccc2F)sc1C(=O)N1CC(N(C)C(=O)C2Cc3cc(Cl)ccc3O2)C1. The second kappa shape index (κ2) is 8.43. The van der Waals surface area contributed by atoms with Gasteiger partial charge in [-0.05, 0) is 42.8 Å². The number of fused-ring (bicyclic) bond motifs is 1. The van der Waals surface area contributed by atoms with Crippen LogP contribution in [-0.4, -0.2) is 58.9 Å². The van der Waals surface area contributed by atoms with Crippen molar-refractivity contribution in [1.82, 2.24) is 14.8 Å². The van der Waals surface area contributed by atoms with E-state index in [-0.39, 0.29) is 23.7 Å². The number of likely N-dealkylation sites (tertiary alicyclic amines) is 1. The molecule has 0 radical (unpaired) electrons. The fourth-order valence-electron chi connectivity index (χ4n) is 4.12. The summed E-state index contributed by atoms with van der Waals surface area (Å²) >= 11 is 7.23. The number of aryl methyl sites for hydroxylation is 1. The van der Waals surface area contributed by atoms with Crippen molar-refractivity contribution in [2.45, 2.75) is 25.5 Å². The molecular weight excluding hydrogens is 465 g/mol. The van der Waals surface area contributed by atoms with Gasteiger partial charge in [-0.2, -0.15) is 0 Å². The topological polar surface area (TPSA) is 62.7 Å². The Balaban J connectivity index is 1.21. The number of nitrogens with zero attached hydrogens (tertiary/aromatic N) is 3. The number of rotatable bonds is 4. The Morgan fingerprint density at radius 3 is 2.76 bits per heavy atom. The Hall–Kier alpha value is -2.97. The van der Waals surface area contributed by atoms with E-state index < -0.39 is 6.10 Å². The van der Waals surface area contributed by atoms with Crippen LogP contribution < -0.4 is 4.74 Å². The van der Waals surface area contributed by atoms with Crippen molar-refractivity contribution in [3.63, 3.8) is 0 Å². The third-order valence-corrected chi connectivity index (χ3v) is 7.53. The molecule has 6 nitrogen and oxygen atoms in total. The number of amides is 2. The second-order valence-corrected chi connectivity index (χ2v) is 9.72. The summed E-state index contributed by atoms with van der Waals surface area (Å²) in [6.07, 6.45) is -0.104. The van der Waals surface area contributed by atoms with Crippen LogP contribution in [0.1, 0.15) is 20.9 Å². The van der Waals surface area contributed by atoms with Gasteiger partial charge in [0.05, 0.1) is 11.7 Å². The molecule has 0 saturated carbocycles. The lowest BCUT2D eigenvalue weighted by Gasteiger charge is -2.44. The van der Waals surface area contributed by atoms with E-state index in [1.165, 1.54) is 17.4 Å². The molecule has 5 rings (SSSR count). The van der Waals surface area contributed by atoms with Gasteiger partial charge in [-0.3, -0.25) is 9.59 Å². The van der Waals surface area contributed by atoms with E-state index in [0.29, 0.717) is 51.4 Å². The van der Waals surface area contributed by atoms with Gasteiger partial charge in [0.15, 0.2) is 6.10 Å². The lowest BCUT2D eigenvalue weighted by molar-refractivity contribution is -0.141. The van der Waals surface area contributed by atoms with Gasteiger partial charge in [-0.15, -0.1) is 11.3 Å². The van der Waals surface area contributed by atoms with Crippen molar-refractivity contribution in [3.8, 4) is 16.3 Å². The predicted octanol–water partition coefficient (Wildman–Crippen LogP) is 4.20. The minimum Gasteiger partial charge on any atom is -0.480 e. The number of carbonyl (C=O) groups is 2. The minimum atomic E-state index is -0.583. The van der Waals surface area contributed by atoms with Crippen LogP contribution in [0.3, 0.4) is 0 Å². The highest BCUT2D eigenvalue weighted by Crippen LogP contribution is 2.33. The number of hydrogen-bond acceptors (Lipinski definition) is 5. The molecule has 9 heteroatoms. The Kier molecular flexibility index (Phi) is 5.58. The van der Waals surface area contributed by atoms with Gasteiger partial charge in [0.25, 0.3) is 11.8 Å². The molecule has 0 spiro atoms. The quantitative estimate of drug-likeness (QED) is 0.555. The summed E-state index contributed by atoms with van der Waals surface area (Å²) in [5, 5.41) is 1.10. The first-order valence-electron chi connectivity index (χ1n) is 10.5. The van der Waals surface area contributed by atoms with Crippen LogP contribution in [0.5, 0.6) is 5.75 Å². The molecule has 3 aromatic rings. The third kappa shape index (κ3) is 3.98. The highest BCUT2D eigenvalue weighted by molar-refractivity contribution is 7.17. The first-order chi connectivity index (χ1) is 15.8. The maximum Gasteiger partial charge on any atom is 0.266 e. The number of likely N-dealkylation sites (N-methyl/N-ethyl adjacent to an activating group) is 1. The van der Waals surface area contributed by atoms with Gasteiger partial charge >= 0.3 is 0 Å². The predicted molar refractivity (Wildman–Crippen MR) is 124 cm³/mol. The second-order valence-electron chi connectivity index (χ2n) is 8.29. The van der Waals surface area contributed by atoms with E-state index in [9.17, 15) is 14.0 Å². The number of halogens is 2. The number of hydrogen-bond donors (Lipinski definition) is 0. The van der Waals surface area contributed by atoms with Crippen LogP contribution in [0.2, 0.25) is 5.02 Å². The molecule has 3 heterocycles. The molecule has 1 fully saturated rings. The van der Waals surface area contributed by atoms with E-state index in [1.807, 2.05) is 6.07 Å². The number of benzene rings is 2. The summed E-state index contributed by atoms with van der Waals surface area (Å²) < 4.78 is 19.9. The van der Waals surface area contributed by atoms with Crippen molar-refractivity contribution >= 4 is 34.8 Å². The van der Waals surface area contributed by atoms with Gasteiger partial charge < -0.3 is 14.5 Å². The van der Waals surface area contributed by atoms with Crippen molar-refractivity contribution in [3.05, 3.63) is 69.4 Å². The average Bonchev–Trinajstić information content (AvgIpc) is 3.35. The normalized spacial score (nSPS) is 17.3. The Morgan fingerprint density at radius 2 is 2.00 bits per heavy atom.